The third-order valence-corrected chi connectivity index (χ3v) is 5.74. The van der Waals surface area contributed by atoms with Crippen molar-refractivity contribution >= 4 is 33.4 Å². The van der Waals surface area contributed by atoms with Crippen LogP contribution in [0.1, 0.15) is 38.1 Å². The molecule has 33 heavy (non-hydrogen) atoms. The number of nitrogens with zero attached hydrogens (tertiary/aromatic N) is 5. The van der Waals surface area contributed by atoms with E-state index in [1.165, 1.54) is 12.4 Å². The summed E-state index contributed by atoms with van der Waals surface area (Å²) in [6.45, 7) is 3.04. The third kappa shape index (κ3) is 3.78. The summed E-state index contributed by atoms with van der Waals surface area (Å²) in [6.07, 6.45) is 5.07. The molecule has 0 aliphatic carbocycles. The number of anilines is 2. The van der Waals surface area contributed by atoms with Crippen LogP contribution in [-0.4, -0.2) is 50.2 Å². The number of aromatic amines is 1. The number of fused-ring (bicyclic) bond motifs is 3. The zero-order valence-electron chi connectivity index (χ0n) is 18.2. The molecular formula is C22H23F2N7O2. The Morgan fingerprint density at radius 2 is 1.85 bits per heavy atom. The molecule has 1 atom stereocenters. The fourth-order valence-electron chi connectivity index (χ4n) is 4.14. The maximum absolute atomic E-state index is 15.0. The number of aliphatic hydroxyl groups excluding tert-OH is 1. The van der Waals surface area contributed by atoms with Gasteiger partial charge in [-0.3, -0.25) is 0 Å². The minimum Gasteiger partial charge on any atom is -0.421 e. The molecule has 9 nitrogen and oxygen atoms in total. The lowest BCUT2D eigenvalue weighted by Gasteiger charge is -2.28. The highest BCUT2D eigenvalue weighted by atomic mass is 19.2. The van der Waals surface area contributed by atoms with Gasteiger partial charge in [-0.15, -0.1) is 0 Å². The first-order valence-electron chi connectivity index (χ1n) is 10.8. The van der Waals surface area contributed by atoms with Crippen molar-refractivity contribution in [3.05, 3.63) is 35.9 Å². The van der Waals surface area contributed by atoms with E-state index in [4.69, 9.17) is 4.74 Å². The van der Waals surface area contributed by atoms with Crippen molar-refractivity contribution in [3.8, 4) is 11.8 Å². The van der Waals surface area contributed by atoms with Crippen molar-refractivity contribution in [2.45, 2.75) is 32.3 Å². The number of rotatable bonds is 5. The minimum absolute atomic E-state index is 0.0231. The van der Waals surface area contributed by atoms with E-state index >= 15 is 4.39 Å². The zero-order chi connectivity index (χ0) is 23.1. The molecule has 172 valence electrons. The number of H-pyrrole nitrogens is 1. The first-order valence-corrected chi connectivity index (χ1v) is 10.8. The second-order valence-electron chi connectivity index (χ2n) is 8.00. The van der Waals surface area contributed by atoms with E-state index in [2.05, 4.69) is 30.2 Å². The Hall–Kier alpha value is -3.60. The topological polar surface area (TPSA) is 112 Å². The first kappa shape index (κ1) is 21.3. The van der Waals surface area contributed by atoms with Gasteiger partial charge in [0.25, 0.3) is 0 Å². The monoisotopic (exact) mass is 455 g/mol. The first-order chi connectivity index (χ1) is 16.0. The smallest absolute Gasteiger partial charge is 0.326 e. The van der Waals surface area contributed by atoms with Crippen LogP contribution in [0.2, 0.25) is 0 Å². The van der Waals surface area contributed by atoms with Crippen molar-refractivity contribution in [3.63, 3.8) is 0 Å². The number of hydrogen-bond donors (Lipinski definition) is 3. The second-order valence-corrected chi connectivity index (χ2v) is 8.00. The summed E-state index contributed by atoms with van der Waals surface area (Å²) < 4.78 is 35.2. The number of aliphatic hydroxyl groups is 1. The third-order valence-electron chi connectivity index (χ3n) is 5.74. The molecule has 1 aliphatic heterocycles. The normalized spacial score (nSPS) is 15.2. The molecule has 0 unspecified atom stereocenters. The molecule has 4 aromatic rings. The van der Waals surface area contributed by atoms with Gasteiger partial charge in [0.1, 0.15) is 17.6 Å². The summed E-state index contributed by atoms with van der Waals surface area (Å²) in [5, 5.41) is 13.0. The number of halogens is 2. The van der Waals surface area contributed by atoms with Crippen molar-refractivity contribution in [1.82, 2.24) is 24.9 Å². The molecule has 1 aliphatic rings. The molecule has 0 saturated carbocycles. The van der Waals surface area contributed by atoms with Gasteiger partial charge in [0.15, 0.2) is 23.2 Å². The molecule has 3 N–H and O–H groups in total. The van der Waals surface area contributed by atoms with Crippen LogP contribution < -0.4 is 15.0 Å². The molecular weight excluding hydrogens is 432 g/mol. The summed E-state index contributed by atoms with van der Waals surface area (Å²) in [5.74, 6) is -0.872. The maximum atomic E-state index is 15.0. The Morgan fingerprint density at radius 1 is 1.12 bits per heavy atom. The zero-order valence-corrected chi connectivity index (χ0v) is 18.2. The highest BCUT2D eigenvalue weighted by Crippen LogP contribution is 2.39. The van der Waals surface area contributed by atoms with Gasteiger partial charge in [0.2, 0.25) is 0 Å². The standard InChI is InChI=1S/C22H23F2N7O2/c1-11(32)19-26-9-12(10-27-19)33-22-29-20-16(21(30-22)31-6-4-3-5-7-31)15-17(24)13(23)8-14(25-2)18(15)28-20/h8-11,25,32H,3-7H2,1-2H3,(H,28,29,30)/t11-/m0/s1. The van der Waals surface area contributed by atoms with Crippen molar-refractivity contribution in [2.24, 2.45) is 0 Å². The van der Waals surface area contributed by atoms with Gasteiger partial charge < -0.3 is 25.0 Å². The number of ether oxygens (including phenoxy) is 1. The molecule has 3 aromatic heterocycles. The van der Waals surface area contributed by atoms with Crippen molar-refractivity contribution in [1.29, 1.82) is 0 Å². The van der Waals surface area contributed by atoms with Crippen LogP contribution in [0.4, 0.5) is 20.3 Å². The van der Waals surface area contributed by atoms with E-state index in [1.807, 2.05) is 4.90 Å². The maximum Gasteiger partial charge on any atom is 0.326 e. The van der Waals surface area contributed by atoms with Crippen LogP contribution in [-0.2, 0) is 0 Å². The van der Waals surface area contributed by atoms with E-state index in [1.54, 1.807) is 14.0 Å². The summed E-state index contributed by atoms with van der Waals surface area (Å²) in [5.41, 5.74) is 1.15. The van der Waals surface area contributed by atoms with E-state index in [0.717, 1.165) is 38.4 Å². The molecule has 11 heteroatoms. The van der Waals surface area contributed by atoms with Gasteiger partial charge in [0, 0.05) is 26.2 Å². The average Bonchev–Trinajstić information content (AvgIpc) is 3.21. The predicted molar refractivity (Wildman–Crippen MR) is 120 cm³/mol. The molecule has 1 fully saturated rings. The lowest BCUT2D eigenvalue weighted by Crippen LogP contribution is -2.30. The van der Waals surface area contributed by atoms with Crippen molar-refractivity contribution in [2.75, 3.05) is 30.4 Å². The number of aromatic nitrogens is 5. The average molecular weight is 455 g/mol. The molecule has 4 heterocycles. The van der Waals surface area contributed by atoms with Crippen LogP contribution in [0, 0.1) is 11.6 Å². The van der Waals surface area contributed by atoms with Crippen LogP contribution in [0.3, 0.4) is 0 Å². The van der Waals surface area contributed by atoms with Crippen LogP contribution in [0.5, 0.6) is 11.8 Å². The molecule has 0 amide bonds. The summed E-state index contributed by atoms with van der Waals surface area (Å²) in [7, 11) is 1.64. The fraction of sp³-hybridized carbons (Fsp3) is 0.364. The van der Waals surface area contributed by atoms with Gasteiger partial charge in [-0.25, -0.2) is 18.7 Å². The SMILES string of the molecule is CNc1cc(F)c(F)c2c1[nH]c1nc(Oc3cnc([C@H](C)O)nc3)nc(N3CCCCC3)c12. The summed E-state index contributed by atoms with van der Waals surface area (Å²) in [6, 6.07) is 1.13. The summed E-state index contributed by atoms with van der Waals surface area (Å²) in [4.78, 5) is 22.3. The minimum atomic E-state index is -0.951. The number of hydrogen-bond acceptors (Lipinski definition) is 8. The summed E-state index contributed by atoms with van der Waals surface area (Å²) >= 11 is 0. The molecule has 5 rings (SSSR count). The van der Waals surface area contributed by atoms with E-state index in [-0.39, 0.29) is 23.0 Å². The van der Waals surface area contributed by atoms with Gasteiger partial charge >= 0.3 is 6.01 Å². The van der Waals surface area contributed by atoms with Gasteiger partial charge in [-0.05, 0) is 26.2 Å². The highest BCUT2D eigenvalue weighted by molar-refractivity contribution is 6.15. The lowest BCUT2D eigenvalue weighted by molar-refractivity contribution is 0.188. The Morgan fingerprint density at radius 3 is 2.52 bits per heavy atom. The molecule has 0 spiro atoms. The van der Waals surface area contributed by atoms with Crippen LogP contribution in [0.15, 0.2) is 18.5 Å². The Labute approximate surface area is 187 Å². The quantitative estimate of drug-likeness (QED) is 0.413. The van der Waals surface area contributed by atoms with Gasteiger partial charge in [-0.1, -0.05) is 0 Å². The van der Waals surface area contributed by atoms with E-state index in [9.17, 15) is 9.50 Å². The van der Waals surface area contributed by atoms with Gasteiger partial charge in [0.05, 0.1) is 34.4 Å². The lowest BCUT2D eigenvalue weighted by atomic mass is 10.1. The van der Waals surface area contributed by atoms with E-state index < -0.39 is 17.7 Å². The predicted octanol–water partition coefficient (Wildman–Crippen LogP) is 4.06. The van der Waals surface area contributed by atoms with Crippen LogP contribution >= 0.6 is 0 Å². The fourth-order valence-corrected chi connectivity index (χ4v) is 4.14. The molecule has 0 bridgehead atoms. The number of piperidine rings is 1. The highest BCUT2D eigenvalue weighted by Gasteiger charge is 2.25. The Balaban J connectivity index is 1.68. The number of benzene rings is 1. The Bertz CT molecular complexity index is 1320. The largest absolute Gasteiger partial charge is 0.421 e. The van der Waals surface area contributed by atoms with Gasteiger partial charge in [-0.2, -0.15) is 9.97 Å². The number of nitrogens with one attached hydrogen (secondary N) is 2. The Kier molecular flexibility index (Phi) is 5.41. The second kappa shape index (κ2) is 8.39. The molecule has 1 aromatic carbocycles. The van der Waals surface area contributed by atoms with Crippen LogP contribution in [0.25, 0.3) is 21.9 Å². The molecule has 0 radical (unpaired) electrons. The van der Waals surface area contributed by atoms with Crippen molar-refractivity contribution < 1.29 is 18.6 Å². The molecule has 1 saturated heterocycles. The van der Waals surface area contributed by atoms with E-state index in [0.29, 0.717) is 28.1 Å².